The van der Waals surface area contributed by atoms with Crippen molar-refractivity contribution >= 4 is 50.5 Å². The first kappa shape index (κ1) is 20.9. The van der Waals surface area contributed by atoms with Gasteiger partial charge >= 0.3 is 0 Å². The molecule has 1 fully saturated rings. The molecule has 2 aromatic rings. The van der Waals surface area contributed by atoms with E-state index in [0.29, 0.717) is 36.9 Å². The second-order valence-electron chi connectivity index (χ2n) is 6.64. The van der Waals surface area contributed by atoms with E-state index < -0.39 is 10.0 Å². The van der Waals surface area contributed by atoms with Gasteiger partial charge < -0.3 is 10.2 Å². The Hall–Kier alpha value is -1.80. The molecule has 1 amide bonds. The van der Waals surface area contributed by atoms with Crippen molar-refractivity contribution in [1.82, 2.24) is 4.31 Å². The Kier molecular flexibility index (Phi) is 6.19. The van der Waals surface area contributed by atoms with Crippen LogP contribution >= 0.6 is 23.2 Å². The highest BCUT2D eigenvalue weighted by molar-refractivity contribution is 7.89. The molecule has 0 spiro atoms. The van der Waals surface area contributed by atoms with Crippen LogP contribution in [0, 0.1) is 6.92 Å². The fourth-order valence-electron chi connectivity index (χ4n) is 3.19. The zero-order valence-corrected chi connectivity index (χ0v) is 17.9. The van der Waals surface area contributed by atoms with Gasteiger partial charge in [-0.15, -0.1) is 0 Å². The molecule has 0 bridgehead atoms. The quantitative estimate of drug-likeness (QED) is 0.783. The van der Waals surface area contributed by atoms with Crippen LogP contribution in [0.3, 0.4) is 0 Å². The Morgan fingerprint density at radius 2 is 1.71 bits per heavy atom. The predicted octanol–water partition coefficient (Wildman–Crippen LogP) is 3.77. The van der Waals surface area contributed by atoms with Crippen LogP contribution in [0.15, 0.2) is 41.3 Å². The van der Waals surface area contributed by atoms with E-state index in [9.17, 15) is 13.2 Å². The third kappa shape index (κ3) is 4.43. The first-order chi connectivity index (χ1) is 13.2. The predicted molar refractivity (Wildman–Crippen MR) is 113 cm³/mol. The van der Waals surface area contributed by atoms with Crippen LogP contribution in [-0.2, 0) is 14.8 Å². The number of benzene rings is 2. The minimum Gasteiger partial charge on any atom is -0.369 e. The summed E-state index contributed by atoms with van der Waals surface area (Å²) in [6, 6.07) is 10.0. The van der Waals surface area contributed by atoms with E-state index in [1.165, 1.54) is 29.4 Å². The zero-order valence-electron chi connectivity index (χ0n) is 15.6. The molecule has 0 unspecified atom stereocenters. The summed E-state index contributed by atoms with van der Waals surface area (Å²) in [6.45, 7) is 5.23. The summed E-state index contributed by atoms with van der Waals surface area (Å²) in [6.07, 6.45) is 0. The van der Waals surface area contributed by atoms with Crippen molar-refractivity contribution in [2.45, 2.75) is 18.7 Å². The highest BCUT2D eigenvalue weighted by atomic mass is 35.5. The Morgan fingerprint density at radius 3 is 2.32 bits per heavy atom. The number of piperazine rings is 1. The van der Waals surface area contributed by atoms with Gasteiger partial charge in [0, 0.05) is 43.8 Å². The van der Waals surface area contributed by atoms with Gasteiger partial charge in [0.15, 0.2) is 0 Å². The third-order valence-electron chi connectivity index (χ3n) is 4.64. The summed E-state index contributed by atoms with van der Waals surface area (Å²) in [7, 11) is -3.67. The van der Waals surface area contributed by atoms with Crippen LogP contribution in [0.5, 0.6) is 0 Å². The number of hydrogen-bond acceptors (Lipinski definition) is 4. The number of amides is 1. The molecule has 0 saturated carbocycles. The largest absolute Gasteiger partial charge is 0.369 e. The molecule has 3 rings (SSSR count). The lowest BCUT2D eigenvalue weighted by Crippen LogP contribution is -2.48. The van der Waals surface area contributed by atoms with Gasteiger partial charge in [-0.2, -0.15) is 4.31 Å². The average molecular weight is 442 g/mol. The fraction of sp³-hybridized carbons (Fsp3) is 0.316. The van der Waals surface area contributed by atoms with E-state index in [-0.39, 0.29) is 15.8 Å². The smallest absolute Gasteiger partial charge is 0.243 e. The lowest BCUT2D eigenvalue weighted by molar-refractivity contribution is -0.114. The monoisotopic (exact) mass is 441 g/mol. The molecule has 2 aromatic carbocycles. The molecule has 0 atom stereocenters. The molecular formula is C19H21Cl2N3O3S. The number of nitrogens with zero attached hydrogens (tertiary/aromatic N) is 2. The fourth-order valence-corrected chi connectivity index (χ4v) is 5.10. The first-order valence-corrected chi connectivity index (χ1v) is 11.0. The zero-order chi connectivity index (χ0) is 20.5. The second kappa shape index (κ2) is 8.29. The molecule has 9 heteroatoms. The number of halogens is 2. The molecule has 1 saturated heterocycles. The van der Waals surface area contributed by atoms with Gasteiger partial charge in [-0.3, -0.25) is 4.79 Å². The number of carbonyl (C=O) groups excluding carboxylic acids is 1. The van der Waals surface area contributed by atoms with Crippen molar-refractivity contribution in [2.75, 3.05) is 36.4 Å². The van der Waals surface area contributed by atoms with Crippen molar-refractivity contribution in [1.29, 1.82) is 0 Å². The van der Waals surface area contributed by atoms with Crippen molar-refractivity contribution in [3.63, 3.8) is 0 Å². The maximum Gasteiger partial charge on any atom is 0.243 e. The van der Waals surface area contributed by atoms with E-state index in [1.54, 1.807) is 0 Å². The standard InChI is InChI=1S/C19H21Cl2N3O3S/c1-13-3-4-15(20)11-19(13)23-7-9-24(10-8-23)28(26,27)16-5-6-18(17(21)12-16)22-14(2)25/h3-6,11-12H,7-10H2,1-2H3,(H,22,25). The van der Waals surface area contributed by atoms with Gasteiger partial charge in [-0.1, -0.05) is 29.3 Å². The molecule has 150 valence electrons. The highest BCUT2D eigenvalue weighted by Crippen LogP contribution is 2.29. The minimum absolute atomic E-state index is 0.110. The minimum atomic E-state index is -3.67. The van der Waals surface area contributed by atoms with E-state index in [1.807, 2.05) is 25.1 Å². The maximum atomic E-state index is 13.0. The number of nitrogens with one attached hydrogen (secondary N) is 1. The number of hydrogen-bond donors (Lipinski definition) is 1. The van der Waals surface area contributed by atoms with Crippen molar-refractivity contribution in [3.05, 3.63) is 52.0 Å². The molecule has 1 aliphatic rings. The Labute approximate surface area is 175 Å². The maximum absolute atomic E-state index is 13.0. The van der Waals surface area contributed by atoms with E-state index >= 15 is 0 Å². The van der Waals surface area contributed by atoms with Crippen molar-refractivity contribution < 1.29 is 13.2 Å². The molecule has 28 heavy (non-hydrogen) atoms. The summed E-state index contributed by atoms with van der Waals surface area (Å²) in [5.41, 5.74) is 2.50. The molecular weight excluding hydrogens is 421 g/mol. The van der Waals surface area contributed by atoms with Crippen LogP contribution in [0.1, 0.15) is 12.5 Å². The molecule has 0 aliphatic carbocycles. The lowest BCUT2D eigenvalue weighted by Gasteiger charge is -2.36. The normalized spacial score (nSPS) is 15.5. The number of carbonyl (C=O) groups is 1. The van der Waals surface area contributed by atoms with Crippen LogP contribution in [0.2, 0.25) is 10.0 Å². The van der Waals surface area contributed by atoms with Crippen LogP contribution in [0.4, 0.5) is 11.4 Å². The Balaban J connectivity index is 1.75. The van der Waals surface area contributed by atoms with E-state index in [0.717, 1.165) is 11.3 Å². The highest BCUT2D eigenvalue weighted by Gasteiger charge is 2.29. The second-order valence-corrected chi connectivity index (χ2v) is 9.43. The average Bonchev–Trinajstić information content (AvgIpc) is 2.65. The third-order valence-corrected chi connectivity index (χ3v) is 7.08. The number of aryl methyl sites for hydroxylation is 1. The topological polar surface area (TPSA) is 69.7 Å². The van der Waals surface area contributed by atoms with Crippen LogP contribution < -0.4 is 10.2 Å². The Morgan fingerprint density at radius 1 is 1.04 bits per heavy atom. The summed E-state index contributed by atoms with van der Waals surface area (Å²) in [5, 5.41) is 3.41. The SMILES string of the molecule is CC(=O)Nc1ccc(S(=O)(=O)N2CCN(c3cc(Cl)ccc3C)CC2)cc1Cl. The van der Waals surface area contributed by atoms with Gasteiger partial charge in [0.1, 0.15) is 0 Å². The van der Waals surface area contributed by atoms with Crippen molar-refractivity contribution in [3.8, 4) is 0 Å². The van der Waals surface area contributed by atoms with Gasteiger partial charge in [0.05, 0.1) is 15.6 Å². The molecule has 1 heterocycles. The van der Waals surface area contributed by atoms with E-state index in [4.69, 9.17) is 23.2 Å². The first-order valence-electron chi connectivity index (χ1n) is 8.77. The Bertz CT molecular complexity index is 1000. The summed E-state index contributed by atoms with van der Waals surface area (Å²) in [5.74, 6) is -0.273. The summed E-state index contributed by atoms with van der Waals surface area (Å²) in [4.78, 5) is 13.4. The van der Waals surface area contributed by atoms with Gasteiger partial charge in [-0.05, 0) is 42.8 Å². The number of anilines is 2. The van der Waals surface area contributed by atoms with Gasteiger partial charge in [0.25, 0.3) is 0 Å². The van der Waals surface area contributed by atoms with Crippen LogP contribution in [-0.4, -0.2) is 44.8 Å². The number of rotatable bonds is 4. The van der Waals surface area contributed by atoms with Crippen LogP contribution in [0.25, 0.3) is 0 Å². The van der Waals surface area contributed by atoms with E-state index in [2.05, 4.69) is 10.2 Å². The lowest BCUT2D eigenvalue weighted by atomic mass is 10.1. The number of sulfonamides is 1. The molecule has 0 aromatic heterocycles. The summed E-state index contributed by atoms with van der Waals surface area (Å²) >= 11 is 12.2. The molecule has 0 radical (unpaired) electrons. The van der Waals surface area contributed by atoms with Gasteiger partial charge in [-0.25, -0.2) is 8.42 Å². The molecule has 1 aliphatic heterocycles. The summed E-state index contributed by atoms with van der Waals surface area (Å²) < 4.78 is 27.4. The molecule has 6 nitrogen and oxygen atoms in total. The van der Waals surface area contributed by atoms with Crippen molar-refractivity contribution in [2.24, 2.45) is 0 Å². The van der Waals surface area contributed by atoms with Gasteiger partial charge in [0.2, 0.25) is 15.9 Å². The molecule has 1 N–H and O–H groups in total.